The zero-order chi connectivity index (χ0) is 51.8. The number of anilines is 3. The maximum Gasteiger partial charge on any atom is 0.0541 e. The van der Waals surface area contributed by atoms with Gasteiger partial charge in [-0.3, -0.25) is 0 Å². The first kappa shape index (κ1) is 49.2. The molecule has 0 amide bonds. The van der Waals surface area contributed by atoms with Gasteiger partial charge in [-0.1, -0.05) is 210 Å². The molecule has 0 spiro atoms. The van der Waals surface area contributed by atoms with E-state index in [0.717, 1.165) is 5.69 Å². The Bertz CT molecular complexity index is 3630. The van der Waals surface area contributed by atoms with Gasteiger partial charge in [-0.15, -0.1) is 0 Å². The SMILES string of the molecule is CC(C)(C)c1ccc(-c2cc(C(C)(C)C)c(N(c3ccc(C(C)(C)C)cc3)c3ccc4ccc5c(-n6c7ccc(C(C)(C)C)cc7c7cc(C(C)(C)C)ccc76)ccc6ccc3c4c65)cc2C(C)(C)C)cc1. The molecule has 0 aliphatic rings. The third-order valence-corrected chi connectivity index (χ3v) is 15.6. The fourth-order valence-electron chi connectivity index (χ4n) is 11.3. The van der Waals surface area contributed by atoms with E-state index in [1.807, 2.05) is 0 Å². The van der Waals surface area contributed by atoms with E-state index in [2.05, 4.69) is 280 Å². The highest BCUT2D eigenvalue weighted by molar-refractivity contribution is 6.27. The van der Waals surface area contributed by atoms with Crippen LogP contribution in [0.1, 0.15) is 158 Å². The molecule has 1 heterocycles. The molecule has 0 atom stereocenters. The van der Waals surface area contributed by atoms with Crippen molar-refractivity contribution in [1.29, 1.82) is 0 Å². The van der Waals surface area contributed by atoms with Crippen LogP contribution in [0.4, 0.5) is 17.1 Å². The molecule has 1 aromatic heterocycles. The van der Waals surface area contributed by atoms with Crippen molar-refractivity contribution in [2.24, 2.45) is 0 Å². The summed E-state index contributed by atoms with van der Waals surface area (Å²) in [6.07, 6.45) is 0. The number of benzene rings is 9. The highest BCUT2D eigenvalue weighted by Gasteiger charge is 2.31. The lowest BCUT2D eigenvalue weighted by molar-refractivity contribution is 0.579. The first-order valence-corrected chi connectivity index (χ1v) is 26.5. The Labute approximate surface area is 431 Å². The van der Waals surface area contributed by atoms with Crippen molar-refractivity contribution in [3.05, 3.63) is 179 Å². The van der Waals surface area contributed by atoms with Crippen LogP contribution in [0.3, 0.4) is 0 Å². The Morgan fingerprint density at radius 2 is 0.750 bits per heavy atom. The van der Waals surface area contributed by atoms with Gasteiger partial charge in [-0.2, -0.15) is 0 Å². The van der Waals surface area contributed by atoms with E-state index in [1.165, 1.54) is 116 Å². The molecule has 10 rings (SSSR count). The smallest absolute Gasteiger partial charge is 0.0541 e. The summed E-state index contributed by atoms with van der Waals surface area (Å²) < 4.78 is 2.54. The van der Waals surface area contributed by atoms with E-state index >= 15 is 0 Å². The van der Waals surface area contributed by atoms with Crippen molar-refractivity contribution < 1.29 is 0 Å². The van der Waals surface area contributed by atoms with Gasteiger partial charge in [0.15, 0.2) is 0 Å². The van der Waals surface area contributed by atoms with Crippen LogP contribution >= 0.6 is 0 Å². The van der Waals surface area contributed by atoms with Crippen LogP contribution < -0.4 is 4.90 Å². The maximum atomic E-state index is 2.59. The molecule has 2 nitrogen and oxygen atoms in total. The number of nitrogens with zero attached hydrogens (tertiary/aromatic N) is 2. The molecule has 0 unspecified atom stereocenters. The van der Waals surface area contributed by atoms with Crippen molar-refractivity contribution >= 4 is 71.2 Å². The van der Waals surface area contributed by atoms with Gasteiger partial charge in [0.25, 0.3) is 0 Å². The highest BCUT2D eigenvalue weighted by atomic mass is 15.1. The molecule has 0 N–H and O–H groups in total. The van der Waals surface area contributed by atoms with Gasteiger partial charge in [0.1, 0.15) is 0 Å². The van der Waals surface area contributed by atoms with E-state index in [9.17, 15) is 0 Å². The zero-order valence-corrected chi connectivity index (χ0v) is 46.8. The van der Waals surface area contributed by atoms with E-state index < -0.39 is 0 Å². The van der Waals surface area contributed by atoms with Gasteiger partial charge in [-0.25, -0.2) is 0 Å². The number of rotatable bonds is 5. The van der Waals surface area contributed by atoms with Gasteiger partial charge in [0, 0.05) is 27.2 Å². The summed E-state index contributed by atoms with van der Waals surface area (Å²) in [6, 6.07) is 57.2. The van der Waals surface area contributed by atoms with Crippen LogP contribution in [-0.4, -0.2) is 4.57 Å². The van der Waals surface area contributed by atoms with Crippen LogP contribution in [-0.2, 0) is 32.5 Å². The minimum atomic E-state index is -0.183. The van der Waals surface area contributed by atoms with Crippen LogP contribution in [0.15, 0.2) is 146 Å². The molecule has 0 radical (unpaired) electrons. The van der Waals surface area contributed by atoms with E-state index in [-0.39, 0.29) is 32.5 Å². The molecule has 72 heavy (non-hydrogen) atoms. The molecule has 2 heteroatoms. The summed E-state index contributed by atoms with van der Waals surface area (Å²) in [6.45, 7) is 42.0. The highest BCUT2D eigenvalue weighted by Crippen LogP contribution is 2.51. The average Bonchev–Trinajstić information content (AvgIpc) is 3.62. The zero-order valence-electron chi connectivity index (χ0n) is 46.8. The number of hydrogen-bond donors (Lipinski definition) is 0. The van der Waals surface area contributed by atoms with Crippen molar-refractivity contribution in [3.8, 4) is 16.8 Å². The van der Waals surface area contributed by atoms with Gasteiger partial charge in [0.05, 0.1) is 28.1 Å². The predicted octanol–water partition coefficient (Wildman–Crippen LogP) is 20.6. The van der Waals surface area contributed by atoms with Crippen LogP contribution in [0.25, 0.3) is 70.9 Å². The molecular weight excluding hydrogens is 869 g/mol. The monoisotopic (exact) mass is 947 g/mol. The summed E-state index contributed by atoms with van der Waals surface area (Å²) in [4.78, 5) is 2.59. The molecule has 0 aliphatic heterocycles. The molecule has 0 aliphatic carbocycles. The number of hydrogen-bond acceptors (Lipinski definition) is 1. The molecular formula is C70H78N2. The normalized spacial score (nSPS) is 13.4. The van der Waals surface area contributed by atoms with Crippen molar-refractivity contribution in [2.45, 2.75) is 157 Å². The molecule has 368 valence electrons. The molecule has 0 fully saturated rings. The van der Waals surface area contributed by atoms with Gasteiger partial charge in [-0.05, 0) is 159 Å². The lowest BCUT2D eigenvalue weighted by atomic mass is 9.76. The van der Waals surface area contributed by atoms with Crippen LogP contribution in [0, 0.1) is 0 Å². The first-order chi connectivity index (χ1) is 33.5. The Morgan fingerprint density at radius 3 is 1.24 bits per heavy atom. The van der Waals surface area contributed by atoms with E-state index in [0.29, 0.717) is 0 Å². The Balaban J connectivity index is 1.26. The number of fused-ring (bicyclic) bond motifs is 3. The van der Waals surface area contributed by atoms with Crippen molar-refractivity contribution in [1.82, 2.24) is 4.57 Å². The van der Waals surface area contributed by atoms with Gasteiger partial charge in [0.2, 0.25) is 0 Å². The van der Waals surface area contributed by atoms with Crippen LogP contribution in [0.5, 0.6) is 0 Å². The fraction of sp³-hybridized carbons (Fsp3) is 0.343. The minimum absolute atomic E-state index is 0.0222. The summed E-state index contributed by atoms with van der Waals surface area (Å²) in [7, 11) is 0. The third kappa shape index (κ3) is 8.47. The summed E-state index contributed by atoms with van der Waals surface area (Å²) in [5.41, 5.74) is 17.7. The third-order valence-electron chi connectivity index (χ3n) is 15.6. The Morgan fingerprint density at radius 1 is 0.319 bits per heavy atom. The molecule has 0 saturated heterocycles. The van der Waals surface area contributed by atoms with Gasteiger partial charge >= 0.3 is 0 Å². The maximum absolute atomic E-state index is 2.59. The molecule has 9 aromatic carbocycles. The summed E-state index contributed by atoms with van der Waals surface area (Å²) >= 11 is 0. The fourth-order valence-corrected chi connectivity index (χ4v) is 11.3. The Kier molecular flexibility index (Phi) is 11.3. The standard InChI is InChI=1S/C70H78N2/c1-65(2,3)46-25-19-43(20-26-46)53-41-57(70(16,17)18)62(42-56(53)69(13,14)15)71(50-31-27-47(28-32-50)66(4,5)6)58-35-23-44-22-34-52-59(36-24-45-21-33-51(58)63(44)64(45)52)72-60-37-29-48(67(7,8)9)39-54(60)55-40-49(68(10,11)12)30-38-61(55)72/h19-42H,1-18H3. The topological polar surface area (TPSA) is 8.17 Å². The second-order valence-electron chi connectivity index (χ2n) is 27.3. The van der Waals surface area contributed by atoms with Crippen molar-refractivity contribution in [2.75, 3.05) is 4.90 Å². The predicted molar refractivity (Wildman–Crippen MR) is 317 cm³/mol. The Hall–Kier alpha value is -6.38. The largest absolute Gasteiger partial charge is 0.310 e. The summed E-state index contributed by atoms with van der Waals surface area (Å²) in [5, 5.41) is 10.2. The second kappa shape index (κ2) is 16.6. The lowest BCUT2D eigenvalue weighted by Crippen LogP contribution is -2.22. The quantitative estimate of drug-likeness (QED) is 0.156. The van der Waals surface area contributed by atoms with E-state index in [4.69, 9.17) is 0 Å². The minimum Gasteiger partial charge on any atom is -0.310 e. The van der Waals surface area contributed by atoms with Crippen molar-refractivity contribution in [3.63, 3.8) is 0 Å². The first-order valence-electron chi connectivity index (χ1n) is 26.5. The average molecular weight is 947 g/mol. The number of aromatic nitrogens is 1. The summed E-state index contributed by atoms with van der Waals surface area (Å²) in [5.74, 6) is 0. The second-order valence-corrected chi connectivity index (χ2v) is 27.3. The van der Waals surface area contributed by atoms with Crippen LogP contribution in [0.2, 0.25) is 0 Å². The molecule has 10 aromatic rings. The van der Waals surface area contributed by atoms with E-state index in [1.54, 1.807) is 0 Å². The molecule has 0 bridgehead atoms. The molecule has 0 saturated carbocycles. The lowest BCUT2D eigenvalue weighted by Gasteiger charge is -2.36. The van der Waals surface area contributed by atoms with Gasteiger partial charge < -0.3 is 9.47 Å².